The van der Waals surface area contributed by atoms with Crippen molar-refractivity contribution in [3.8, 4) is 11.5 Å². The maximum Gasteiger partial charge on any atom is 0.328 e. The third kappa shape index (κ3) is 9.49. The molecule has 14 heteroatoms. The molecule has 0 aliphatic carbocycles. The number of thioether (sulfide) groups is 1. The molecule has 0 aliphatic heterocycles. The van der Waals surface area contributed by atoms with Gasteiger partial charge in [-0.15, -0.1) is 11.8 Å². The average molecular weight is 485 g/mol. The second-order valence-electron chi connectivity index (χ2n) is 6.55. The average Bonchev–Trinajstić information content (AvgIpc) is 2.74. The van der Waals surface area contributed by atoms with Gasteiger partial charge in [0.05, 0.1) is 4.90 Å². The molecular formula is C19H23N3O10S. The summed E-state index contributed by atoms with van der Waals surface area (Å²) < 4.78 is 0. The van der Waals surface area contributed by atoms with Crippen molar-refractivity contribution in [1.82, 2.24) is 10.6 Å². The van der Waals surface area contributed by atoms with E-state index in [2.05, 4.69) is 10.6 Å². The lowest BCUT2D eigenvalue weighted by Crippen LogP contribution is -2.49. The lowest BCUT2D eigenvalue weighted by atomic mass is 10.1. The van der Waals surface area contributed by atoms with Gasteiger partial charge >= 0.3 is 17.9 Å². The zero-order valence-electron chi connectivity index (χ0n) is 17.1. The largest absolute Gasteiger partial charge is 0.504 e. The van der Waals surface area contributed by atoms with E-state index < -0.39 is 59.8 Å². The highest BCUT2D eigenvalue weighted by molar-refractivity contribution is 7.99. The molecule has 0 aromatic heterocycles. The highest BCUT2D eigenvalue weighted by atomic mass is 32.2. The number of amides is 2. The minimum Gasteiger partial charge on any atom is -0.504 e. The first kappa shape index (κ1) is 27.3. The molecule has 0 bridgehead atoms. The molecule has 2 amide bonds. The Balaban J connectivity index is 3.04. The van der Waals surface area contributed by atoms with E-state index in [1.807, 2.05) is 0 Å². The lowest BCUT2D eigenvalue weighted by molar-refractivity contribution is -0.139. The van der Waals surface area contributed by atoms with Crippen LogP contribution in [0.5, 0.6) is 11.5 Å². The first-order valence-corrected chi connectivity index (χ1v) is 10.3. The van der Waals surface area contributed by atoms with Crippen LogP contribution in [-0.2, 0) is 24.0 Å². The van der Waals surface area contributed by atoms with Crippen LogP contribution in [0.25, 0.3) is 6.08 Å². The molecule has 0 aliphatic rings. The van der Waals surface area contributed by atoms with E-state index in [4.69, 9.17) is 21.1 Å². The van der Waals surface area contributed by atoms with Gasteiger partial charge in [0.15, 0.2) is 11.5 Å². The van der Waals surface area contributed by atoms with Crippen molar-refractivity contribution in [2.45, 2.75) is 29.8 Å². The quantitative estimate of drug-likeness (QED) is 0.0970. The molecule has 180 valence electrons. The van der Waals surface area contributed by atoms with Crippen LogP contribution in [0.4, 0.5) is 0 Å². The number of phenolic OH excluding ortho intramolecular Hbond substituents is 2. The van der Waals surface area contributed by atoms with Crippen LogP contribution in [-0.4, -0.2) is 79.6 Å². The molecule has 0 fully saturated rings. The predicted octanol–water partition coefficient (Wildman–Crippen LogP) is -0.835. The van der Waals surface area contributed by atoms with Crippen molar-refractivity contribution in [2.75, 3.05) is 12.3 Å². The first-order valence-electron chi connectivity index (χ1n) is 9.28. The van der Waals surface area contributed by atoms with Crippen molar-refractivity contribution < 1.29 is 49.5 Å². The van der Waals surface area contributed by atoms with E-state index >= 15 is 0 Å². The minimum atomic E-state index is -1.33. The fraction of sp³-hybridized carbons (Fsp3) is 0.316. The number of rotatable bonds is 13. The van der Waals surface area contributed by atoms with Crippen LogP contribution < -0.4 is 16.4 Å². The Bertz CT molecular complexity index is 950. The molecule has 2 unspecified atom stereocenters. The van der Waals surface area contributed by atoms with E-state index in [-0.39, 0.29) is 29.1 Å². The van der Waals surface area contributed by atoms with Crippen LogP contribution in [0, 0.1) is 0 Å². The number of hydrogen-bond donors (Lipinski definition) is 8. The van der Waals surface area contributed by atoms with Gasteiger partial charge in [0.2, 0.25) is 11.8 Å². The lowest BCUT2D eigenvalue weighted by Gasteiger charge is -2.19. The first-order chi connectivity index (χ1) is 15.4. The molecule has 13 nitrogen and oxygen atoms in total. The van der Waals surface area contributed by atoms with E-state index in [9.17, 15) is 34.2 Å². The zero-order valence-corrected chi connectivity index (χ0v) is 17.9. The highest BCUT2D eigenvalue weighted by Gasteiger charge is 2.24. The monoisotopic (exact) mass is 485 g/mol. The number of carbonyl (C=O) groups excluding carboxylic acids is 2. The van der Waals surface area contributed by atoms with Crippen molar-refractivity contribution in [1.29, 1.82) is 0 Å². The summed E-state index contributed by atoms with van der Waals surface area (Å²) >= 11 is 0.785. The Morgan fingerprint density at radius 3 is 2.33 bits per heavy atom. The Morgan fingerprint density at radius 2 is 1.76 bits per heavy atom. The molecule has 1 rings (SSSR count). The van der Waals surface area contributed by atoms with Crippen molar-refractivity contribution >= 4 is 47.6 Å². The van der Waals surface area contributed by atoms with Gasteiger partial charge in [-0.1, -0.05) is 0 Å². The van der Waals surface area contributed by atoms with E-state index in [0.717, 1.165) is 30.0 Å². The maximum absolute atomic E-state index is 12.4. The van der Waals surface area contributed by atoms with Crippen LogP contribution in [0.1, 0.15) is 18.4 Å². The van der Waals surface area contributed by atoms with Gasteiger partial charge in [-0.2, -0.15) is 0 Å². The van der Waals surface area contributed by atoms with Crippen molar-refractivity contribution in [3.63, 3.8) is 0 Å². The third-order valence-corrected chi connectivity index (χ3v) is 5.22. The highest BCUT2D eigenvalue weighted by Crippen LogP contribution is 2.39. The van der Waals surface area contributed by atoms with Gasteiger partial charge < -0.3 is 41.9 Å². The number of phenols is 2. The maximum atomic E-state index is 12.4. The molecule has 0 radical (unpaired) electrons. The van der Waals surface area contributed by atoms with E-state index in [1.165, 1.54) is 6.07 Å². The van der Waals surface area contributed by atoms with Gasteiger partial charge in [-0.3, -0.25) is 19.2 Å². The summed E-state index contributed by atoms with van der Waals surface area (Å²) in [4.78, 5) is 56.8. The Kier molecular flexibility index (Phi) is 10.7. The van der Waals surface area contributed by atoms with Gasteiger partial charge in [-0.25, -0.2) is 4.79 Å². The van der Waals surface area contributed by atoms with E-state index in [0.29, 0.717) is 0 Å². The van der Waals surface area contributed by atoms with Crippen molar-refractivity contribution in [3.05, 3.63) is 23.8 Å². The second kappa shape index (κ2) is 12.9. The Hall–Kier alpha value is -3.78. The fourth-order valence-electron chi connectivity index (χ4n) is 2.33. The molecule has 0 spiro atoms. The van der Waals surface area contributed by atoms with Crippen LogP contribution in [0.15, 0.2) is 23.1 Å². The molecule has 1 aromatic carbocycles. The van der Waals surface area contributed by atoms with Crippen molar-refractivity contribution in [2.24, 2.45) is 5.73 Å². The van der Waals surface area contributed by atoms with Crippen LogP contribution >= 0.6 is 11.8 Å². The Morgan fingerprint density at radius 1 is 1.09 bits per heavy atom. The molecule has 9 N–H and O–H groups in total. The van der Waals surface area contributed by atoms with Gasteiger partial charge in [-0.05, 0) is 30.2 Å². The standard InChI is InChI=1S/C19H23N3O10S/c20-10(19(31)32)3-5-13(24)22-11(18(30)21-7-15(27)28)8-33-17-9(2-6-14(25)26)1-4-12(23)16(17)29/h1-2,4,6,10-11,23,29H,3,5,7-8,20H2,(H,21,30)(H,22,24)(H,25,26)(H,27,28)(H,31,32)/b6-2+. The summed E-state index contributed by atoms with van der Waals surface area (Å²) in [6.07, 6.45) is 1.40. The number of carbonyl (C=O) groups is 5. The van der Waals surface area contributed by atoms with Crippen LogP contribution in [0.2, 0.25) is 0 Å². The molecule has 0 heterocycles. The second-order valence-corrected chi connectivity index (χ2v) is 7.58. The summed E-state index contributed by atoms with van der Waals surface area (Å²) in [5.74, 6) is -6.86. The zero-order chi connectivity index (χ0) is 25.1. The summed E-state index contributed by atoms with van der Waals surface area (Å²) in [5.41, 5.74) is 5.54. The Labute approximate surface area is 191 Å². The minimum absolute atomic E-state index is 0.00526. The number of hydrogen-bond acceptors (Lipinski definition) is 9. The molecule has 2 atom stereocenters. The fourth-order valence-corrected chi connectivity index (χ4v) is 3.44. The summed E-state index contributed by atoms with van der Waals surface area (Å²) in [5, 5.41) is 50.7. The summed E-state index contributed by atoms with van der Waals surface area (Å²) in [7, 11) is 0. The molecular weight excluding hydrogens is 462 g/mol. The number of carboxylic acids is 3. The van der Waals surface area contributed by atoms with E-state index in [1.54, 1.807) is 0 Å². The smallest absolute Gasteiger partial charge is 0.328 e. The summed E-state index contributed by atoms with van der Waals surface area (Å²) in [6.45, 7) is -0.732. The van der Waals surface area contributed by atoms with Gasteiger partial charge in [0.25, 0.3) is 0 Å². The topological polar surface area (TPSA) is 237 Å². The molecule has 33 heavy (non-hydrogen) atoms. The van der Waals surface area contributed by atoms with Gasteiger partial charge in [0.1, 0.15) is 18.6 Å². The normalized spacial score (nSPS) is 12.6. The number of nitrogens with two attached hydrogens (primary N) is 1. The number of aliphatic carboxylic acids is 3. The molecule has 0 saturated carbocycles. The summed E-state index contributed by atoms with van der Waals surface area (Å²) in [6, 6.07) is -0.161. The van der Waals surface area contributed by atoms with Gasteiger partial charge in [0, 0.05) is 18.2 Å². The number of aromatic hydroxyl groups is 2. The predicted molar refractivity (Wildman–Crippen MR) is 115 cm³/mol. The van der Waals surface area contributed by atoms with Crippen LogP contribution in [0.3, 0.4) is 0 Å². The third-order valence-electron chi connectivity index (χ3n) is 4.01. The molecule has 1 aromatic rings. The number of nitrogens with one attached hydrogen (secondary N) is 2. The molecule has 0 saturated heterocycles. The number of benzene rings is 1. The SMILES string of the molecule is NC(CCC(=O)NC(CSc1c(/C=C/C(=O)O)ccc(O)c1O)C(=O)NCC(=O)O)C(=O)O. The number of carboxylic acid groups (broad SMARTS) is 3.